The van der Waals surface area contributed by atoms with E-state index in [4.69, 9.17) is 0 Å². The lowest BCUT2D eigenvalue weighted by molar-refractivity contribution is 0.129. The fourth-order valence-corrected chi connectivity index (χ4v) is 4.02. The van der Waals surface area contributed by atoms with Gasteiger partial charge in [0.2, 0.25) is 0 Å². The lowest BCUT2D eigenvalue weighted by Crippen LogP contribution is -2.53. The predicted octanol–water partition coefficient (Wildman–Crippen LogP) is 2.07. The molecule has 1 saturated heterocycles. The normalized spacial score (nSPS) is 34.2. The van der Waals surface area contributed by atoms with Crippen LogP contribution in [0.2, 0.25) is 0 Å². The van der Waals surface area contributed by atoms with Crippen molar-refractivity contribution in [2.24, 2.45) is 5.92 Å². The van der Waals surface area contributed by atoms with Gasteiger partial charge in [0.05, 0.1) is 6.07 Å². The minimum absolute atomic E-state index is 0.278. The summed E-state index contributed by atoms with van der Waals surface area (Å²) in [5.41, 5.74) is -0.278. The van der Waals surface area contributed by atoms with Crippen LogP contribution >= 0.6 is 0 Å². The number of likely N-dealkylation sites (tertiary alicyclic amines) is 1. The van der Waals surface area contributed by atoms with Crippen molar-refractivity contribution in [3.05, 3.63) is 0 Å². The maximum atomic E-state index is 9.65. The monoisotopic (exact) mass is 292 g/mol. The summed E-state index contributed by atoms with van der Waals surface area (Å²) in [5.74, 6) is 0.807. The van der Waals surface area contributed by atoms with Crippen molar-refractivity contribution in [2.75, 3.05) is 40.3 Å². The van der Waals surface area contributed by atoms with Gasteiger partial charge >= 0.3 is 0 Å². The third-order valence-corrected chi connectivity index (χ3v) is 5.31. The summed E-state index contributed by atoms with van der Waals surface area (Å²) < 4.78 is 0. The molecule has 0 spiro atoms. The van der Waals surface area contributed by atoms with E-state index in [9.17, 15) is 5.26 Å². The van der Waals surface area contributed by atoms with Crippen LogP contribution in [0.1, 0.15) is 45.4 Å². The van der Waals surface area contributed by atoms with Crippen LogP contribution < -0.4 is 5.32 Å². The van der Waals surface area contributed by atoms with Gasteiger partial charge in [0.1, 0.15) is 5.54 Å². The standard InChI is InChI=1S/C17H32N4/c1-4-9-19-17(14-18)8-5-6-16(11-17)21(3)13-15-7-10-20(2)12-15/h15-16,19H,4-13H2,1-3H3. The van der Waals surface area contributed by atoms with Crippen LogP contribution in [-0.2, 0) is 0 Å². The highest BCUT2D eigenvalue weighted by Gasteiger charge is 2.37. The molecule has 1 aliphatic heterocycles. The first kappa shape index (κ1) is 16.7. The summed E-state index contributed by atoms with van der Waals surface area (Å²) >= 11 is 0. The summed E-state index contributed by atoms with van der Waals surface area (Å²) in [4.78, 5) is 4.96. The molecule has 0 aromatic heterocycles. The van der Waals surface area contributed by atoms with Gasteiger partial charge in [0.15, 0.2) is 0 Å². The van der Waals surface area contributed by atoms with Crippen molar-refractivity contribution in [2.45, 2.75) is 57.0 Å². The van der Waals surface area contributed by atoms with Crippen molar-refractivity contribution in [1.82, 2.24) is 15.1 Å². The van der Waals surface area contributed by atoms with E-state index in [0.29, 0.717) is 6.04 Å². The van der Waals surface area contributed by atoms with Crippen LogP contribution in [0.3, 0.4) is 0 Å². The number of nitrogens with zero attached hydrogens (tertiary/aromatic N) is 3. The molecule has 3 unspecified atom stereocenters. The zero-order valence-electron chi connectivity index (χ0n) is 14.1. The minimum atomic E-state index is -0.278. The van der Waals surface area contributed by atoms with E-state index in [1.54, 1.807) is 0 Å². The zero-order chi connectivity index (χ0) is 15.3. The molecule has 1 N–H and O–H groups in total. The molecule has 1 aliphatic carbocycles. The molecule has 0 bridgehead atoms. The first-order valence-corrected chi connectivity index (χ1v) is 8.63. The van der Waals surface area contributed by atoms with Crippen LogP contribution in [0.4, 0.5) is 0 Å². The molecule has 3 atom stereocenters. The van der Waals surface area contributed by atoms with Gasteiger partial charge in [0.25, 0.3) is 0 Å². The predicted molar refractivity (Wildman–Crippen MR) is 87.1 cm³/mol. The van der Waals surface area contributed by atoms with Gasteiger partial charge in [-0.25, -0.2) is 0 Å². The number of hydrogen-bond donors (Lipinski definition) is 1. The van der Waals surface area contributed by atoms with Gasteiger partial charge in [-0.1, -0.05) is 6.92 Å². The Morgan fingerprint density at radius 2 is 2.24 bits per heavy atom. The molecular formula is C17H32N4. The van der Waals surface area contributed by atoms with Crippen LogP contribution in [-0.4, -0.2) is 61.7 Å². The van der Waals surface area contributed by atoms with Crippen molar-refractivity contribution in [3.63, 3.8) is 0 Å². The Morgan fingerprint density at radius 1 is 1.43 bits per heavy atom. The van der Waals surface area contributed by atoms with Crippen molar-refractivity contribution >= 4 is 0 Å². The van der Waals surface area contributed by atoms with E-state index in [-0.39, 0.29) is 5.54 Å². The second kappa shape index (κ2) is 7.58. The quantitative estimate of drug-likeness (QED) is 0.814. The van der Waals surface area contributed by atoms with Crippen molar-refractivity contribution in [3.8, 4) is 6.07 Å². The number of nitriles is 1. The lowest BCUT2D eigenvalue weighted by Gasteiger charge is -2.41. The first-order valence-electron chi connectivity index (χ1n) is 8.63. The summed E-state index contributed by atoms with van der Waals surface area (Å²) in [5, 5.41) is 13.2. The van der Waals surface area contributed by atoms with Crippen molar-refractivity contribution in [1.29, 1.82) is 5.26 Å². The molecule has 0 aromatic rings. The van der Waals surface area contributed by atoms with Gasteiger partial charge in [-0.05, 0) is 71.6 Å². The average molecular weight is 292 g/mol. The van der Waals surface area contributed by atoms with E-state index in [2.05, 4.69) is 42.2 Å². The molecule has 120 valence electrons. The second-order valence-electron chi connectivity index (χ2n) is 7.23. The topological polar surface area (TPSA) is 42.3 Å². The Bertz CT molecular complexity index is 364. The summed E-state index contributed by atoms with van der Waals surface area (Å²) in [6.07, 6.45) is 6.84. The largest absolute Gasteiger partial charge is 0.306 e. The molecule has 0 aromatic carbocycles. The van der Waals surface area contributed by atoms with E-state index in [0.717, 1.165) is 31.7 Å². The molecular weight excluding hydrogens is 260 g/mol. The molecule has 1 heterocycles. The molecule has 1 saturated carbocycles. The average Bonchev–Trinajstić information content (AvgIpc) is 2.90. The summed E-state index contributed by atoms with van der Waals surface area (Å²) in [6.45, 7) is 6.78. The number of nitrogens with one attached hydrogen (secondary N) is 1. The maximum Gasteiger partial charge on any atom is 0.108 e. The zero-order valence-corrected chi connectivity index (χ0v) is 14.1. The third kappa shape index (κ3) is 4.42. The van der Waals surface area contributed by atoms with E-state index in [1.165, 1.54) is 38.9 Å². The molecule has 4 nitrogen and oxygen atoms in total. The van der Waals surface area contributed by atoms with Gasteiger partial charge in [-0.2, -0.15) is 5.26 Å². The minimum Gasteiger partial charge on any atom is -0.306 e. The first-order chi connectivity index (χ1) is 10.1. The van der Waals surface area contributed by atoms with E-state index >= 15 is 0 Å². The van der Waals surface area contributed by atoms with Crippen LogP contribution in [0.5, 0.6) is 0 Å². The molecule has 21 heavy (non-hydrogen) atoms. The lowest BCUT2D eigenvalue weighted by atomic mass is 9.79. The molecule has 2 fully saturated rings. The van der Waals surface area contributed by atoms with E-state index in [1.807, 2.05) is 0 Å². The van der Waals surface area contributed by atoms with Crippen molar-refractivity contribution < 1.29 is 0 Å². The van der Waals surface area contributed by atoms with Crippen LogP contribution in [0, 0.1) is 17.2 Å². The molecule has 2 aliphatic rings. The van der Waals surface area contributed by atoms with Gasteiger partial charge in [-0.3, -0.25) is 5.32 Å². The highest BCUT2D eigenvalue weighted by atomic mass is 15.2. The van der Waals surface area contributed by atoms with E-state index < -0.39 is 0 Å². The summed E-state index contributed by atoms with van der Waals surface area (Å²) in [7, 11) is 4.48. The maximum absolute atomic E-state index is 9.65. The highest BCUT2D eigenvalue weighted by molar-refractivity contribution is 5.11. The number of rotatable bonds is 6. The van der Waals surface area contributed by atoms with Gasteiger partial charge in [-0.15, -0.1) is 0 Å². The molecule has 0 amide bonds. The Balaban J connectivity index is 1.88. The number of hydrogen-bond acceptors (Lipinski definition) is 4. The fourth-order valence-electron chi connectivity index (χ4n) is 4.02. The summed E-state index contributed by atoms with van der Waals surface area (Å²) in [6, 6.07) is 3.16. The SMILES string of the molecule is CCCNC1(C#N)CCCC(N(C)CC2CCN(C)C2)C1. The smallest absolute Gasteiger partial charge is 0.108 e. The Morgan fingerprint density at radius 3 is 2.86 bits per heavy atom. The highest BCUT2D eigenvalue weighted by Crippen LogP contribution is 2.31. The molecule has 2 rings (SSSR count). The molecule has 4 heteroatoms. The van der Waals surface area contributed by atoms with Crippen LogP contribution in [0.15, 0.2) is 0 Å². The fraction of sp³-hybridized carbons (Fsp3) is 0.941. The Labute approximate surface area is 130 Å². The van der Waals surface area contributed by atoms with Gasteiger partial charge < -0.3 is 9.80 Å². The Hall–Kier alpha value is -0.630. The van der Waals surface area contributed by atoms with Gasteiger partial charge in [0, 0.05) is 19.1 Å². The second-order valence-corrected chi connectivity index (χ2v) is 7.23. The third-order valence-electron chi connectivity index (χ3n) is 5.31. The Kier molecular flexibility index (Phi) is 6.04. The van der Waals surface area contributed by atoms with Crippen LogP contribution in [0.25, 0.3) is 0 Å². The molecule has 0 radical (unpaired) electrons.